The number of hydrogen-bond acceptors (Lipinski definition) is 3. The largest absolute Gasteiger partial charge is 0.391 e. The van der Waals surface area contributed by atoms with E-state index in [1.807, 2.05) is 6.92 Å². The van der Waals surface area contributed by atoms with E-state index in [0.717, 1.165) is 38.5 Å². The predicted molar refractivity (Wildman–Crippen MR) is 63.9 cm³/mol. The molecule has 1 fully saturated rings. The fourth-order valence-corrected chi connectivity index (χ4v) is 2.41. The molecule has 1 atom stereocenters. The van der Waals surface area contributed by atoms with E-state index in [-0.39, 0.29) is 11.3 Å². The normalized spacial score (nSPS) is 20.7. The zero-order valence-corrected chi connectivity index (χ0v) is 10.2. The third kappa shape index (κ3) is 3.19. The molecule has 0 aromatic carbocycles. The zero-order valence-electron chi connectivity index (χ0n) is 10.2. The molecule has 1 amide bonds. The van der Waals surface area contributed by atoms with Gasteiger partial charge < -0.3 is 16.2 Å². The molecule has 1 aliphatic carbocycles. The van der Waals surface area contributed by atoms with E-state index >= 15 is 0 Å². The lowest BCUT2D eigenvalue weighted by atomic mass is 9.85. The van der Waals surface area contributed by atoms with Gasteiger partial charge in [0.25, 0.3) is 0 Å². The number of nitrogens with two attached hydrogens (primary N) is 1. The van der Waals surface area contributed by atoms with Gasteiger partial charge in [-0.1, -0.05) is 26.2 Å². The van der Waals surface area contributed by atoms with Gasteiger partial charge in [0.15, 0.2) is 0 Å². The molecule has 0 aromatic heterocycles. The molecule has 4 N–H and O–H groups in total. The van der Waals surface area contributed by atoms with Crippen LogP contribution in [0, 0.1) is 5.41 Å². The second-order valence-electron chi connectivity index (χ2n) is 4.84. The third-order valence-electron chi connectivity index (χ3n) is 3.55. The Morgan fingerprint density at radius 1 is 1.50 bits per heavy atom. The van der Waals surface area contributed by atoms with Crippen molar-refractivity contribution in [3.63, 3.8) is 0 Å². The van der Waals surface area contributed by atoms with Gasteiger partial charge in [0.1, 0.15) is 0 Å². The van der Waals surface area contributed by atoms with Gasteiger partial charge in [-0.3, -0.25) is 4.79 Å². The van der Waals surface area contributed by atoms with Crippen molar-refractivity contribution >= 4 is 5.91 Å². The lowest BCUT2D eigenvalue weighted by Gasteiger charge is -2.26. The number of carbonyl (C=O) groups excluding carboxylic acids is 1. The van der Waals surface area contributed by atoms with Crippen molar-refractivity contribution in [3.05, 3.63) is 0 Å². The van der Waals surface area contributed by atoms with Gasteiger partial charge in [0.05, 0.1) is 11.5 Å². The molecule has 94 valence electrons. The monoisotopic (exact) mass is 228 g/mol. The number of hydrogen-bond donors (Lipinski definition) is 3. The summed E-state index contributed by atoms with van der Waals surface area (Å²) in [7, 11) is 0. The lowest BCUT2D eigenvalue weighted by molar-refractivity contribution is -0.130. The summed E-state index contributed by atoms with van der Waals surface area (Å²) in [5.74, 6) is 0.0302. The van der Waals surface area contributed by atoms with E-state index in [4.69, 9.17) is 5.73 Å². The van der Waals surface area contributed by atoms with Crippen LogP contribution in [-0.4, -0.2) is 30.2 Å². The summed E-state index contributed by atoms with van der Waals surface area (Å²) in [6.07, 6.45) is 5.18. The SMILES string of the molecule is CCCC(O)CNC(=O)C1(CN)CCCC1. The molecule has 0 spiro atoms. The molecule has 0 saturated heterocycles. The van der Waals surface area contributed by atoms with Crippen LogP contribution >= 0.6 is 0 Å². The molecular formula is C12H24N2O2. The summed E-state index contributed by atoms with van der Waals surface area (Å²) in [6.45, 7) is 2.79. The number of aliphatic hydroxyl groups is 1. The summed E-state index contributed by atoms with van der Waals surface area (Å²) in [6, 6.07) is 0. The number of rotatable bonds is 6. The van der Waals surface area contributed by atoms with E-state index < -0.39 is 6.10 Å². The van der Waals surface area contributed by atoms with E-state index in [1.165, 1.54) is 0 Å². The Bertz CT molecular complexity index is 225. The van der Waals surface area contributed by atoms with Gasteiger partial charge in [-0.2, -0.15) is 0 Å². The van der Waals surface area contributed by atoms with Crippen molar-refractivity contribution in [2.75, 3.05) is 13.1 Å². The van der Waals surface area contributed by atoms with Crippen LogP contribution in [0.25, 0.3) is 0 Å². The van der Waals surface area contributed by atoms with Crippen LogP contribution < -0.4 is 11.1 Å². The Morgan fingerprint density at radius 3 is 2.62 bits per heavy atom. The summed E-state index contributed by atoms with van der Waals surface area (Å²) in [5, 5.41) is 12.4. The molecule has 0 radical (unpaired) electrons. The minimum atomic E-state index is -0.426. The molecule has 1 saturated carbocycles. The molecule has 16 heavy (non-hydrogen) atoms. The molecule has 1 rings (SSSR count). The average Bonchev–Trinajstić information content (AvgIpc) is 2.76. The maximum absolute atomic E-state index is 12.0. The third-order valence-corrected chi connectivity index (χ3v) is 3.55. The maximum atomic E-state index is 12.0. The Morgan fingerprint density at radius 2 is 2.12 bits per heavy atom. The summed E-state index contributed by atoms with van der Waals surface area (Å²) in [5.41, 5.74) is 5.36. The van der Waals surface area contributed by atoms with Crippen molar-refractivity contribution in [1.29, 1.82) is 0 Å². The van der Waals surface area contributed by atoms with Crippen LogP contribution in [0.5, 0.6) is 0 Å². The predicted octanol–water partition coefficient (Wildman–Crippen LogP) is 0.783. The highest BCUT2D eigenvalue weighted by atomic mass is 16.3. The standard InChI is InChI=1S/C12H24N2O2/c1-2-5-10(15)8-14-11(16)12(9-13)6-3-4-7-12/h10,15H,2-9,13H2,1H3,(H,14,16). The summed E-state index contributed by atoms with van der Waals surface area (Å²) >= 11 is 0. The van der Waals surface area contributed by atoms with Gasteiger partial charge in [0, 0.05) is 13.1 Å². The maximum Gasteiger partial charge on any atom is 0.227 e. The Kier molecular flexibility index (Phi) is 5.22. The van der Waals surface area contributed by atoms with Crippen LogP contribution in [-0.2, 0) is 4.79 Å². The molecule has 0 heterocycles. The zero-order chi connectivity index (χ0) is 12.0. The molecule has 1 aliphatic rings. The lowest BCUT2D eigenvalue weighted by Crippen LogP contribution is -2.46. The van der Waals surface area contributed by atoms with E-state index in [2.05, 4.69) is 5.32 Å². The molecule has 4 nitrogen and oxygen atoms in total. The highest BCUT2D eigenvalue weighted by molar-refractivity contribution is 5.83. The fourth-order valence-electron chi connectivity index (χ4n) is 2.41. The highest BCUT2D eigenvalue weighted by Gasteiger charge is 2.39. The molecule has 0 aromatic rings. The smallest absolute Gasteiger partial charge is 0.227 e. The second kappa shape index (κ2) is 6.21. The van der Waals surface area contributed by atoms with Crippen molar-refractivity contribution in [2.45, 2.75) is 51.6 Å². The van der Waals surface area contributed by atoms with E-state index in [1.54, 1.807) is 0 Å². The number of carbonyl (C=O) groups is 1. The van der Waals surface area contributed by atoms with Crippen molar-refractivity contribution < 1.29 is 9.90 Å². The van der Waals surface area contributed by atoms with Crippen LogP contribution in [0.2, 0.25) is 0 Å². The van der Waals surface area contributed by atoms with Gasteiger partial charge in [-0.05, 0) is 19.3 Å². The first-order valence-electron chi connectivity index (χ1n) is 6.31. The van der Waals surface area contributed by atoms with E-state index in [0.29, 0.717) is 13.1 Å². The first-order valence-corrected chi connectivity index (χ1v) is 6.31. The first kappa shape index (κ1) is 13.5. The second-order valence-corrected chi connectivity index (χ2v) is 4.84. The average molecular weight is 228 g/mol. The molecule has 0 bridgehead atoms. The van der Waals surface area contributed by atoms with Crippen LogP contribution in [0.15, 0.2) is 0 Å². The van der Waals surface area contributed by atoms with E-state index in [9.17, 15) is 9.90 Å². The van der Waals surface area contributed by atoms with Gasteiger partial charge in [-0.15, -0.1) is 0 Å². The van der Waals surface area contributed by atoms with Crippen LogP contribution in [0.1, 0.15) is 45.4 Å². The highest BCUT2D eigenvalue weighted by Crippen LogP contribution is 2.37. The van der Waals surface area contributed by atoms with Crippen molar-refractivity contribution in [2.24, 2.45) is 11.1 Å². The van der Waals surface area contributed by atoms with Crippen LogP contribution in [0.3, 0.4) is 0 Å². The minimum Gasteiger partial charge on any atom is -0.391 e. The molecule has 0 aliphatic heterocycles. The van der Waals surface area contributed by atoms with Crippen molar-refractivity contribution in [1.82, 2.24) is 5.32 Å². The van der Waals surface area contributed by atoms with Gasteiger partial charge in [-0.25, -0.2) is 0 Å². The molecular weight excluding hydrogens is 204 g/mol. The summed E-state index contributed by atoms with van der Waals surface area (Å²) < 4.78 is 0. The number of aliphatic hydroxyl groups excluding tert-OH is 1. The summed E-state index contributed by atoms with van der Waals surface area (Å²) in [4.78, 5) is 12.0. The van der Waals surface area contributed by atoms with Gasteiger partial charge >= 0.3 is 0 Å². The Labute approximate surface area is 97.6 Å². The Balaban J connectivity index is 2.38. The first-order chi connectivity index (χ1) is 7.64. The van der Waals surface area contributed by atoms with Crippen molar-refractivity contribution in [3.8, 4) is 0 Å². The Hall–Kier alpha value is -0.610. The number of amides is 1. The quantitative estimate of drug-likeness (QED) is 0.629. The number of nitrogens with one attached hydrogen (secondary N) is 1. The molecule has 4 heteroatoms. The van der Waals surface area contributed by atoms with Crippen LogP contribution in [0.4, 0.5) is 0 Å². The topological polar surface area (TPSA) is 75.3 Å². The minimum absolute atomic E-state index is 0.0302. The molecule has 1 unspecified atom stereocenters. The fraction of sp³-hybridized carbons (Fsp3) is 0.917. The van der Waals surface area contributed by atoms with Gasteiger partial charge in [0.2, 0.25) is 5.91 Å².